The van der Waals surface area contributed by atoms with Gasteiger partial charge in [-0.1, -0.05) is 19.9 Å². The van der Waals surface area contributed by atoms with E-state index >= 15 is 0 Å². The summed E-state index contributed by atoms with van der Waals surface area (Å²) in [5, 5.41) is 22.2. The quantitative estimate of drug-likeness (QED) is 0.750. The average Bonchev–Trinajstić information content (AvgIpc) is 2.48. The van der Waals surface area contributed by atoms with Crippen LogP contribution in [0.25, 0.3) is 0 Å². The summed E-state index contributed by atoms with van der Waals surface area (Å²) < 4.78 is 0. The topological polar surface area (TPSA) is 56.0 Å². The smallest absolute Gasteiger partial charge is 0.102 e. The number of thioether (sulfide) groups is 1. The standard InChI is InChI=1S/C15H22N2OS/c1-4-15(5-2,11-18)10-17-13-7-6-8-14(19-3)12(13)9-16/h6-8,17-18H,4-5,10-11H2,1-3H3. The fourth-order valence-corrected chi connectivity index (χ4v) is 2.60. The molecule has 0 aliphatic rings. The fraction of sp³-hybridized carbons (Fsp3) is 0.533. The van der Waals surface area contributed by atoms with Crippen LogP contribution in [-0.2, 0) is 0 Å². The largest absolute Gasteiger partial charge is 0.396 e. The lowest BCUT2D eigenvalue weighted by atomic mass is 9.83. The highest BCUT2D eigenvalue weighted by Gasteiger charge is 2.25. The zero-order chi connectivity index (χ0) is 14.3. The van der Waals surface area contributed by atoms with E-state index in [-0.39, 0.29) is 12.0 Å². The Kier molecular flexibility index (Phi) is 6.20. The van der Waals surface area contributed by atoms with E-state index in [1.807, 2.05) is 24.5 Å². The summed E-state index contributed by atoms with van der Waals surface area (Å²) in [6.07, 6.45) is 3.80. The summed E-state index contributed by atoms with van der Waals surface area (Å²) in [6, 6.07) is 8.09. The molecule has 1 aromatic carbocycles. The van der Waals surface area contributed by atoms with Gasteiger partial charge in [0.1, 0.15) is 6.07 Å². The molecule has 0 saturated heterocycles. The van der Waals surface area contributed by atoms with Crippen LogP contribution in [0.15, 0.2) is 23.1 Å². The van der Waals surface area contributed by atoms with Crippen LogP contribution in [-0.4, -0.2) is 24.5 Å². The maximum absolute atomic E-state index is 9.57. The first-order valence-electron chi connectivity index (χ1n) is 6.58. The highest BCUT2D eigenvalue weighted by Crippen LogP contribution is 2.29. The van der Waals surface area contributed by atoms with E-state index < -0.39 is 0 Å². The number of benzene rings is 1. The van der Waals surface area contributed by atoms with Crippen molar-refractivity contribution < 1.29 is 5.11 Å². The van der Waals surface area contributed by atoms with Gasteiger partial charge in [0, 0.05) is 16.9 Å². The molecule has 0 fully saturated rings. The number of anilines is 1. The van der Waals surface area contributed by atoms with Crippen LogP contribution < -0.4 is 5.32 Å². The molecule has 3 nitrogen and oxygen atoms in total. The summed E-state index contributed by atoms with van der Waals surface area (Å²) in [6.45, 7) is 5.02. The fourth-order valence-electron chi connectivity index (χ4n) is 2.03. The van der Waals surface area contributed by atoms with E-state index in [0.29, 0.717) is 12.1 Å². The number of rotatable bonds is 7. The van der Waals surface area contributed by atoms with Gasteiger partial charge in [-0.25, -0.2) is 0 Å². The molecule has 104 valence electrons. The molecule has 0 spiro atoms. The number of hydrogen-bond acceptors (Lipinski definition) is 4. The molecule has 4 heteroatoms. The first-order valence-corrected chi connectivity index (χ1v) is 7.80. The van der Waals surface area contributed by atoms with Crippen LogP contribution in [0.2, 0.25) is 0 Å². The molecule has 0 unspecified atom stereocenters. The van der Waals surface area contributed by atoms with Gasteiger partial charge in [0.2, 0.25) is 0 Å². The van der Waals surface area contributed by atoms with E-state index in [0.717, 1.165) is 23.4 Å². The van der Waals surface area contributed by atoms with Gasteiger partial charge in [-0.2, -0.15) is 5.26 Å². The molecule has 0 aliphatic heterocycles. The molecule has 0 aromatic heterocycles. The Morgan fingerprint density at radius 2 is 2.05 bits per heavy atom. The maximum Gasteiger partial charge on any atom is 0.102 e. The lowest BCUT2D eigenvalue weighted by Crippen LogP contribution is -2.32. The molecule has 0 saturated carbocycles. The van der Waals surface area contributed by atoms with Gasteiger partial charge in [-0.3, -0.25) is 0 Å². The van der Waals surface area contributed by atoms with Crippen LogP contribution in [0.4, 0.5) is 5.69 Å². The summed E-state index contributed by atoms with van der Waals surface area (Å²) in [5.41, 5.74) is 1.44. The molecule has 19 heavy (non-hydrogen) atoms. The molecule has 0 aliphatic carbocycles. The van der Waals surface area contributed by atoms with Crippen LogP contribution in [0.1, 0.15) is 32.3 Å². The second-order valence-corrected chi connectivity index (χ2v) is 5.56. The Morgan fingerprint density at radius 1 is 1.37 bits per heavy atom. The Bertz CT molecular complexity index is 442. The van der Waals surface area contributed by atoms with Gasteiger partial charge >= 0.3 is 0 Å². The molecule has 0 atom stereocenters. The van der Waals surface area contributed by atoms with Gasteiger partial charge in [0.25, 0.3) is 0 Å². The number of nitrogens with zero attached hydrogens (tertiary/aromatic N) is 1. The number of nitriles is 1. The molecule has 0 radical (unpaired) electrons. The average molecular weight is 278 g/mol. The van der Waals surface area contributed by atoms with Crippen LogP contribution >= 0.6 is 11.8 Å². The van der Waals surface area contributed by atoms with Crippen molar-refractivity contribution in [1.29, 1.82) is 5.26 Å². The van der Waals surface area contributed by atoms with Crippen molar-refractivity contribution in [3.63, 3.8) is 0 Å². The molecule has 1 aromatic rings. The molecule has 0 heterocycles. The molecule has 0 bridgehead atoms. The molecular weight excluding hydrogens is 256 g/mol. The highest BCUT2D eigenvalue weighted by atomic mass is 32.2. The number of aliphatic hydroxyl groups excluding tert-OH is 1. The predicted octanol–water partition coefficient (Wildman–Crippen LogP) is 3.49. The minimum Gasteiger partial charge on any atom is -0.396 e. The number of aliphatic hydroxyl groups is 1. The van der Waals surface area contributed by atoms with Gasteiger partial charge < -0.3 is 10.4 Å². The Morgan fingerprint density at radius 3 is 2.53 bits per heavy atom. The van der Waals surface area contributed by atoms with Crippen molar-refractivity contribution in [3.8, 4) is 6.07 Å². The second-order valence-electron chi connectivity index (χ2n) is 4.71. The van der Waals surface area contributed by atoms with Crippen LogP contribution in [0.5, 0.6) is 0 Å². The third kappa shape index (κ3) is 3.65. The van der Waals surface area contributed by atoms with E-state index in [9.17, 15) is 10.4 Å². The number of nitrogens with one attached hydrogen (secondary N) is 1. The molecule has 2 N–H and O–H groups in total. The Hall–Kier alpha value is -1.18. The van der Waals surface area contributed by atoms with Gasteiger partial charge in [0.15, 0.2) is 0 Å². The lowest BCUT2D eigenvalue weighted by molar-refractivity contribution is 0.127. The first kappa shape index (κ1) is 15.9. The normalized spacial score (nSPS) is 11.1. The summed E-state index contributed by atoms with van der Waals surface area (Å²) >= 11 is 1.57. The maximum atomic E-state index is 9.57. The molecule has 1 rings (SSSR count). The van der Waals surface area contributed by atoms with Gasteiger partial charge in [-0.05, 0) is 31.2 Å². The third-order valence-corrected chi connectivity index (χ3v) is 4.63. The minimum absolute atomic E-state index is 0.109. The zero-order valence-corrected chi connectivity index (χ0v) is 12.7. The third-order valence-electron chi connectivity index (χ3n) is 3.85. The van der Waals surface area contributed by atoms with Crippen molar-refractivity contribution in [2.24, 2.45) is 5.41 Å². The minimum atomic E-state index is -0.109. The van der Waals surface area contributed by atoms with Crippen molar-refractivity contribution >= 4 is 17.4 Å². The second kappa shape index (κ2) is 7.42. The monoisotopic (exact) mass is 278 g/mol. The first-order chi connectivity index (χ1) is 9.16. The molecular formula is C15H22N2OS. The van der Waals surface area contributed by atoms with E-state index in [1.165, 1.54) is 0 Å². The summed E-state index contributed by atoms with van der Waals surface area (Å²) in [4.78, 5) is 0.982. The molecule has 0 amide bonds. The van der Waals surface area contributed by atoms with Gasteiger partial charge in [0.05, 0.1) is 17.9 Å². The zero-order valence-electron chi connectivity index (χ0n) is 11.9. The predicted molar refractivity (Wildman–Crippen MR) is 81.5 cm³/mol. The number of hydrogen-bond donors (Lipinski definition) is 2. The van der Waals surface area contributed by atoms with E-state index in [2.05, 4.69) is 25.2 Å². The Balaban J connectivity index is 2.92. The van der Waals surface area contributed by atoms with Crippen LogP contribution in [0, 0.1) is 16.7 Å². The summed E-state index contributed by atoms with van der Waals surface area (Å²) in [7, 11) is 0. The summed E-state index contributed by atoms with van der Waals surface area (Å²) in [5.74, 6) is 0. The lowest BCUT2D eigenvalue weighted by Gasteiger charge is -2.30. The van der Waals surface area contributed by atoms with Crippen LogP contribution in [0.3, 0.4) is 0 Å². The SMILES string of the molecule is CCC(CC)(CO)CNc1cccc(SC)c1C#N. The van der Waals surface area contributed by atoms with E-state index in [1.54, 1.807) is 11.8 Å². The van der Waals surface area contributed by atoms with Crippen molar-refractivity contribution in [2.45, 2.75) is 31.6 Å². The van der Waals surface area contributed by atoms with E-state index in [4.69, 9.17) is 0 Å². The van der Waals surface area contributed by atoms with Gasteiger partial charge in [-0.15, -0.1) is 11.8 Å². The highest BCUT2D eigenvalue weighted by molar-refractivity contribution is 7.98. The van der Waals surface area contributed by atoms with Crippen molar-refractivity contribution in [1.82, 2.24) is 0 Å². The van der Waals surface area contributed by atoms with Crippen molar-refractivity contribution in [2.75, 3.05) is 24.7 Å². The Labute approximate surface area is 120 Å². The van der Waals surface area contributed by atoms with Crippen molar-refractivity contribution in [3.05, 3.63) is 23.8 Å².